The predicted molar refractivity (Wildman–Crippen MR) is 71.9 cm³/mol. The molecular weight excluding hydrogens is 288 g/mol. The molecule has 0 saturated carbocycles. The molecule has 0 amide bonds. The third-order valence-corrected chi connectivity index (χ3v) is 3.05. The summed E-state index contributed by atoms with van der Waals surface area (Å²) in [4.78, 5) is 0. The van der Waals surface area contributed by atoms with Crippen LogP contribution in [0.4, 0.5) is 4.39 Å². The van der Waals surface area contributed by atoms with Gasteiger partial charge in [0.25, 0.3) is 0 Å². The molecule has 0 atom stereocenters. The number of nitrogens with zero attached hydrogens (tertiary/aromatic N) is 1. The molecule has 2 aromatic rings. The minimum atomic E-state index is -0.408. The van der Waals surface area contributed by atoms with E-state index in [0.717, 1.165) is 0 Å². The standard InChI is InChI=1S/C14H8Cl2FNO/c15-11-3-1-9(7-18)14(5-11)19-8-10-2-4-12(17)6-13(10)16/h1-6H,8H2. The van der Waals surface area contributed by atoms with Crippen LogP contribution in [-0.2, 0) is 6.61 Å². The second-order valence-corrected chi connectivity index (χ2v) is 4.62. The molecule has 2 rings (SSSR count). The Bertz CT molecular complexity index is 652. The monoisotopic (exact) mass is 295 g/mol. The molecule has 0 aliphatic rings. The van der Waals surface area contributed by atoms with E-state index in [1.807, 2.05) is 6.07 Å². The number of nitriles is 1. The van der Waals surface area contributed by atoms with Gasteiger partial charge in [-0.1, -0.05) is 29.3 Å². The van der Waals surface area contributed by atoms with Gasteiger partial charge in [-0.05, 0) is 24.3 Å². The van der Waals surface area contributed by atoms with Crippen LogP contribution in [0.3, 0.4) is 0 Å². The SMILES string of the molecule is N#Cc1ccc(Cl)cc1OCc1ccc(F)cc1Cl. The van der Waals surface area contributed by atoms with Crippen LogP contribution >= 0.6 is 23.2 Å². The normalized spacial score (nSPS) is 10.0. The molecule has 0 spiro atoms. The van der Waals surface area contributed by atoms with Gasteiger partial charge in [0.1, 0.15) is 24.2 Å². The summed E-state index contributed by atoms with van der Waals surface area (Å²) in [5.41, 5.74) is 1.01. The summed E-state index contributed by atoms with van der Waals surface area (Å²) in [7, 11) is 0. The minimum absolute atomic E-state index is 0.133. The van der Waals surface area contributed by atoms with Gasteiger partial charge in [-0.15, -0.1) is 0 Å². The van der Waals surface area contributed by atoms with E-state index in [-0.39, 0.29) is 11.6 Å². The van der Waals surface area contributed by atoms with Crippen LogP contribution in [0.25, 0.3) is 0 Å². The first-order chi connectivity index (χ1) is 9.10. The molecule has 0 N–H and O–H groups in total. The molecule has 96 valence electrons. The van der Waals surface area contributed by atoms with Gasteiger partial charge in [-0.25, -0.2) is 4.39 Å². The Hall–Kier alpha value is -1.76. The summed E-state index contributed by atoms with van der Waals surface area (Å²) >= 11 is 11.7. The average Bonchev–Trinajstić information content (AvgIpc) is 2.38. The highest BCUT2D eigenvalue weighted by Crippen LogP contribution is 2.25. The van der Waals surface area contributed by atoms with Crippen molar-refractivity contribution in [3.05, 3.63) is 63.4 Å². The fraction of sp³-hybridized carbons (Fsp3) is 0.0714. The van der Waals surface area contributed by atoms with Crippen molar-refractivity contribution >= 4 is 23.2 Å². The van der Waals surface area contributed by atoms with Gasteiger partial charge in [-0.2, -0.15) is 5.26 Å². The van der Waals surface area contributed by atoms with Crippen molar-refractivity contribution in [1.29, 1.82) is 5.26 Å². The van der Waals surface area contributed by atoms with Crippen LogP contribution in [-0.4, -0.2) is 0 Å². The van der Waals surface area contributed by atoms with Crippen molar-refractivity contribution in [2.45, 2.75) is 6.61 Å². The fourth-order valence-corrected chi connectivity index (χ4v) is 1.89. The fourth-order valence-electron chi connectivity index (χ4n) is 1.50. The molecule has 0 fully saturated rings. The Balaban J connectivity index is 2.19. The zero-order chi connectivity index (χ0) is 13.8. The van der Waals surface area contributed by atoms with E-state index in [2.05, 4.69) is 0 Å². The molecule has 2 nitrogen and oxygen atoms in total. The maximum atomic E-state index is 12.9. The Kier molecular flexibility index (Phi) is 4.26. The van der Waals surface area contributed by atoms with Crippen molar-refractivity contribution in [1.82, 2.24) is 0 Å². The molecule has 0 aromatic heterocycles. The second kappa shape index (κ2) is 5.92. The number of rotatable bonds is 3. The number of ether oxygens (including phenoxy) is 1. The molecule has 0 aliphatic carbocycles. The molecule has 0 bridgehead atoms. The maximum absolute atomic E-state index is 12.9. The zero-order valence-electron chi connectivity index (χ0n) is 9.66. The van der Waals surface area contributed by atoms with E-state index in [4.69, 9.17) is 33.2 Å². The van der Waals surface area contributed by atoms with E-state index in [9.17, 15) is 4.39 Å². The first-order valence-corrected chi connectivity index (χ1v) is 6.12. The Morgan fingerprint density at radius 2 is 1.95 bits per heavy atom. The number of halogens is 3. The van der Waals surface area contributed by atoms with Crippen LogP contribution in [0.2, 0.25) is 10.0 Å². The third-order valence-electron chi connectivity index (χ3n) is 2.46. The molecule has 19 heavy (non-hydrogen) atoms. The quantitative estimate of drug-likeness (QED) is 0.830. The number of hydrogen-bond acceptors (Lipinski definition) is 2. The van der Waals surface area contributed by atoms with E-state index in [0.29, 0.717) is 21.9 Å². The van der Waals surface area contributed by atoms with Gasteiger partial charge in [0.2, 0.25) is 0 Å². The minimum Gasteiger partial charge on any atom is -0.487 e. The number of benzene rings is 2. The van der Waals surface area contributed by atoms with Crippen molar-refractivity contribution in [3.8, 4) is 11.8 Å². The summed E-state index contributed by atoms with van der Waals surface area (Å²) < 4.78 is 18.4. The van der Waals surface area contributed by atoms with Crippen LogP contribution in [0, 0.1) is 17.1 Å². The Morgan fingerprint density at radius 3 is 2.63 bits per heavy atom. The molecule has 0 saturated heterocycles. The van der Waals surface area contributed by atoms with Gasteiger partial charge in [0, 0.05) is 16.7 Å². The zero-order valence-corrected chi connectivity index (χ0v) is 11.2. The van der Waals surface area contributed by atoms with Crippen LogP contribution in [0.5, 0.6) is 5.75 Å². The van der Waals surface area contributed by atoms with E-state index >= 15 is 0 Å². The Labute approximate surface area is 119 Å². The molecule has 5 heteroatoms. The summed E-state index contributed by atoms with van der Waals surface area (Å²) in [6, 6.07) is 10.8. The highest BCUT2D eigenvalue weighted by molar-refractivity contribution is 6.31. The molecule has 0 radical (unpaired) electrons. The molecule has 2 aromatic carbocycles. The smallest absolute Gasteiger partial charge is 0.139 e. The first kappa shape index (κ1) is 13.7. The molecule has 0 aliphatic heterocycles. The molecular formula is C14H8Cl2FNO. The second-order valence-electron chi connectivity index (χ2n) is 3.78. The largest absolute Gasteiger partial charge is 0.487 e. The summed E-state index contributed by atoms with van der Waals surface area (Å²) in [6.45, 7) is 0.133. The van der Waals surface area contributed by atoms with E-state index in [1.165, 1.54) is 18.2 Å². The maximum Gasteiger partial charge on any atom is 0.139 e. The Morgan fingerprint density at radius 1 is 1.16 bits per heavy atom. The van der Waals surface area contributed by atoms with Gasteiger partial charge >= 0.3 is 0 Å². The lowest BCUT2D eigenvalue weighted by Crippen LogP contribution is -1.98. The van der Waals surface area contributed by atoms with E-state index in [1.54, 1.807) is 18.2 Å². The van der Waals surface area contributed by atoms with Crippen LogP contribution < -0.4 is 4.74 Å². The van der Waals surface area contributed by atoms with Crippen LogP contribution in [0.1, 0.15) is 11.1 Å². The van der Waals surface area contributed by atoms with Gasteiger partial charge in [0.15, 0.2) is 0 Å². The van der Waals surface area contributed by atoms with Crippen molar-refractivity contribution in [2.75, 3.05) is 0 Å². The average molecular weight is 296 g/mol. The lowest BCUT2D eigenvalue weighted by Gasteiger charge is -2.09. The third kappa shape index (κ3) is 3.37. The summed E-state index contributed by atoms with van der Waals surface area (Å²) in [5.74, 6) is -0.0374. The summed E-state index contributed by atoms with van der Waals surface area (Å²) in [5, 5.41) is 9.70. The highest BCUT2D eigenvalue weighted by atomic mass is 35.5. The summed E-state index contributed by atoms with van der Waals surface area (Å²) in [6.07, 6.45) is 0. The lowest BCUT2D eigenvalue weighted by atomic mass is 10.2. The highest BCUT2D eigenvalue weighted by Gasteiger charge is 2.07. The predicted octanol–water partition coefficient (Wildman–Crippen LogP) is 4.58. The molecule has 0 heterocycles. The van der Waals surface area contributed by atoms with Gasteiger partial charge in [0.05, 0.1) is 10.6 Å². The lowest BCUT2D eigenvalue weighted by molar-refractivity contribution is 0.305. The van der Waals surface area contributed by atoms with Gasteiger partial charge in [-0.3, -0.25) is 0 Å². The van der Waals surface area contributed by atoms with Crippen molar-refractivity contribution < 1.29 is 9.13 Å². The number of hydrogen-bond donors (Lipinski definition) is 0. The first-order valence-electron chi connectivity index (χ1n) is 5.36. The molecule has 0 unspecified atom stereocenters. The van der Waals surface area contributed by atoms with Crippen LogP contribution in [0.15, 0.2) is 36.4 Å². The van der Waals surface area contributed by atoms with Crippen molar-refractivity contribution in [2.24, 2.45) is 0 Å². The van der Waals surface area contributed by atoms with Crippen molar-refractivity contribution in [3.63, 3.8) is 0 Å². The topological polar surface area (TPSA) is 33.0 Å². The van der Waals surface area contributed by atoms with Gasteiger partial charge < -0.3 is 4.74 Å². The van der Waals surface area contributed by atoms with E-state index < -0.39 is 5.82 Å².